The van der Waals surface area contributed by atoms with Crippen LogP contribution in [-0.4, -0.2) is 42.5 Å². The summed E-state index contributed by atoms with van der Waals surface area (Å²) in [5.41, 5.74) is 0. The van der Waals surface area contributed by atoms with Crippen LogP contribution in [0.25, 0.3) is 0 Å². The second kappa shape index (κ2) is 6.14. The van der Waals surface area contributed by atoms with E-state index < -0.39 is 23.8 Å². The Morgan fingerprint density at radius 1 is 1.21 bits per heavy atom. The number of imide groups is 2. The number of methoxy groups -OCH3 is 1. The molecule has 2 unspecified atom stereocenters. The molecule has 0 saturated carbocycles. The lowest BCUT2D eigenvalue weighted by molar-refractivity contribution is -0.147. The fraction of sp³-hybridized carbons (Fsp3) is 0.769. The predicted molar refractivity (Wildman–Crippen MR) is 69.2 cm³/mol. The van der Waals surface area contributed by atoms with Crippen LogP contribution < -0.4 is 5.32 Å². The molecule has 1 fully saturated rings. The Balaban J connectivity index is 3.06. The van der Waals surface area contributed by atoms with E-state index in [4.69, 9.17) is 4.74 Å². The molecule has 108 valence electrons. The zero-order valence-electron chi connectivity index (χ0n) is 12.1. The number of amides is 4. The molecule has 1 heterocycles. The zero-order valence-corrected chi connectivity index (χ0v) is 12.1. The molecule has 0 bridgehead atoms. The van der Waals surface area contributed by atoms with E-state index in [9.17, 15) is 14.4 Å². The molecule has 0 aromatic rings. The van der Waals surface area contributed by atoms with E-state index in [-0.39, 0.29) is 24.5 Å². The number of urea groups is 1. The molecule has 6 nitrogen and oxygen atoms in total. The maximum atomic E-state index is 12.4. The molecule has 1 aliphatic heterocycles. The molecule has 1 N–H and O–H groups in total. The number of carbonyl (C=O) groups is 3. The summed E-state index contributed by atoms with van der Waals surface area (Å²) in [6.45, 7) is 7.65. The molecular formula is C13H22N2O4. The van der Waals surface area contributed by atoms with Gasteiger partial charge >= 0.3 is 6.03 Å². The normalized spacial score (nSPS) is 22.2. The average Bonchev–Trinajstić information content (AvgIpc) is 2.26. The van der Waals surface area contributed by atoms with Crippen LogP contribution in [0, 0.1) is 17.8 Å². The van der Waals surface area contributed by atoms with E-state index in [2.05, 4.69) is 5.32 Å². The minimum atomic E-state index is -0.809. The number of barbiturate groups is 1. The molecule has 4 amide bonds. The van der Waals surface area contributed by atoms with Gasteiger partial charge in [0.2, 0.25) is 11.8 Å². The molecule has 6 heteroatoms. The van der Waals surface area contributed by atoms with Crippen LogP contribution in [0.4, 0.5) is 4.79 Å². The van der Waals surface area contributed by atoms with Crippen molar-refractivity contribution in [1.29, 1.82) is 0 Å². The molecule has 1 saturated heterocycles. The van der Waals surface area contributed by atoms with Crippen LogP contribution in [0.2, 0.25) is 0 Å². The lowest BCUT2D eigenvalue weighted by Crippen LogP contribution is -2.63. The fourth-order valence-electron chi connectivity index (χ4n) is 2.24. The van der Waals surface area contributed by atoms with Crippen molar-refractivity contribution in [3.05, 3.63) is 0 Å². The van der Waals surface area contributed by atoms with Gasteiger partial charge in [-0.25, -0.2) is 4.79 Å². The molecule has 0 aromatic carbocycles. The molecule has 0 radical (unpaired) electrons. The maximum Gasteiger partial charge on any atom is 0.331 e. The highest BCUT2D eigenvalue weighted by Gasteiger charge is 2.45. The summed E-state index contributed by atoms with van der Waals surface area (Å²) < 4.78 is 5.08. The van der Waals surface area contributed by atoms with Crippen molar-refractivity contribution in [3.63, 3.8) is 0 Å². The zero-order chi connectivity index (χ0) is 14.7. The minimum absolute atomic E-state index is 0.0515. The minimum Gasteiger partial charge on any atom is -0.383 e. The first-order valence-corrected chi connectivity index (χ1v) is 6.48. The number of hydrogen-bond acceptors (Lipinski definition) is 4. The van der Waals surface area contributed by atoms with E-state index >= 15 is 0 Å². The van der Waals surface area contributed by atoms with Gasteiger partial charge in [-0.15, -0.1) is 0 Å². The Bertz CT molecular complexity index is 379. The quantitative estimate of drug-likeness (QED) is 0.756. The van der Waals surface area contributed by atoms with Crippen LogP contribution in [0.15, 0.2) is 0 Å². The first-order valence-electron chi connectivity index (χ1n) is 6.48. The van der Waals surface area contributed by atoms with Gasteiger partial charge in [-0.1, -0.05) is 27.7 Å². The summed E-state index contributed by atoms with van der Waals surface area (Å²) in [6, 6.07) is -1.02. The highest BCUT2D eigenvalue weighted by molar-refractivity contribution is 6.16. The first kappa shape index (κ1) is 15.6. The fourth-order valence-corrected chi connectivity index (χ4v) is 2.24. The van der Waals surface area contributed by atoms with Gasteiger partial charge in [0, 0.05) is 7.11 Å². The molecule has 19 heavy (non-hydrogen) atoms. The highest BCUT2D eigenvalue weighted by Crippen LogP contribution is 2.23. The van der Waals surface area contributed by atoms with Crippen LogP contribution in [0.1, 0.15) is 27.7 Å². The third kappa shape index (κ3) is 3.12. The lowest BCUT2D eigenvalue weighted by Gasteiger charge is -2.38. The highest BCUT2D eigenvalue weighted by atomic mass is 16.5. The van der Waals surface area contributed by atoms with Crippen molar-refractivity contribution in [3.8, 4) is 0 Å². The molecule has 0 aliphatic carbocycles. The summed E-state index contributed by atoms with van der Waals surface area (Å²) >= 11 is 0. The Hall–Kier alpha value is -1.43. The predicted octanol–water partition coefficient (Wildman–Crippen LogP) is 1.01. The first-order chi connectivity index (χ1) is 8.81. The molecule has 1 aliphatic rings. The van der Waals surface area contributed by atoms with Gasteiger partial charge in [0.25, 0.3) is 0 Å². The van der Waals surface area contributed by atoms with E-state index in [0.29, 0.717) is 0 Å². The smallest absolute Gasteiger partial charge is 0.331 e. The summed E-state index contributed by atoms with van der Waals surface area (Å²) in [4.78, 5) is 37.2. The van der Waals surface area contributed by atoms with E-state index in [0.717, 1.165) is 4.90 Å². The van der Waals surface area contributed by atoms with Gasteiger partial charge in [-0.05, 0) is 11.8 Å². The number of hydrogen-bond donors (Lipinski definition) is 1. The van der Waals surface area contributed by atoms with Crippen LogP contribution in [0.3, 0.4) is 0 Å². The third-order valence-corrected chi connectivity index (χ3v) is 3.34. The summed E-state index contributed by atoms with van der Waals surface area (Å²) in [5.74, 6) is -1.86. The van der Waals surface area contributed by atoms with E-state index in [1.807, 2.05) is 13.8 Å². The van der Waals surface area contributed by atoms with Crippen molar-refractivity contribution in [2.24, 2.45) is 17.8 Å². The van der Waals surface area contributed by atoms with Gasteiger partial charge in [0.05, 0.1) is 12.6 Å². The molecule has 0 aromatic heterocycles. The van der Waals surface area contributed by atoms with Crippen LogP contribution in [0.5, 0.6) is 0 Å². The average molecular weight is 270 g/mol. The largest absolute Gasteiger partial charge is 0.383 e. The van der Waals surface area contributed by atoms with Crippen molar-refractivity contribution < 1.29 is 19.1 Å². The SMILES string of the molecule is COCC(C(C)C)N1C(=O)NC(=O)C(C(C)C)C1=O. The summed E-state index contributed by atoms with van der Waals surface area (Å²) in [6.07, 6.45) is 0. The number of carbonyl (C=O) groups excluding carboxylic acids is 3. The van der Waals surface area contributed by atoms with Crippen LogP contribution >= 0.6 is 0 Å². The summed E-state index contributed by atoms with van der Waals surface area (Å²) in [7, 11) is 1.52. The Morgan fingerprint density at radius 2 is 1.79 bits per heavy atom. The Labute approximate surface area is 113 Å². The van der Waals surface area contributed by atoms with Gasteiger partial charge in [-0.2, -0.15) is 0 Å². The van der Waals surface area contributed by atoms with Gasteiger partial charge in [-0.3, -0.25) is 19.8 Å². The standard InChI is InChI=1S/C13H22N2O4/c1-7(2)9(6-19-5)15-12(17)10(8(3)4)11(16)14-13(15)18/h7-10H,6H2,1-5H3,(H,14,16,18). The van der Waals surface area contributed by atoms with Gasteiger partial charge in [0.1, 0.15) is 5.92 Å². The molecule has 1 rings (SSSR count). The van der Waals surface area contributed by atoms with Crippen molar-refractivity contribution >= 4 is 17.8 Å². The van der Waals surface area contributed by atoms with Crippen molar-refractivity contribution in [2.45, 2.75) is 33.7 Å². The van der Waals surface area contributed by atoms with Crippen LogP contribution in [-0.2, 0) is 14.3 Å². The number of nitrogens with one attached hydrogen (secondary N) is 1. The lowest BCUT2D eigenvalue weighted by atomic mass is 9.90. The molecular weight excluding hydrogens is 248 g/mol. The Kier molecular flexibility index (Phi) is 5.05. The van der Waals surface area contributed by atoms with Gasteiger partial charge < -0.3 is 4.74 Å². The number of nitrogens with zero attached hydrogens (tertiary/aromatic N) is 1. The number of rotatable bonds is 5. The molecule has 2 atom stereocenters. The molecule has 0 spiro atoms. The summed E-state index contributed by atoms with van der Waals surface area (Å²) in [5, 5.41) is 2.26. The second-order valence-corrected chi connectivity index (χ2v) is 5.49. The maximum absolute atomic E-state index is 12.4. The van der Waals surface area contributed by atoms with E-state index in [1.165, 1.54) is 7.11 Å². The Morgan fingerprint density at radius 3 is 2.21 bits per heavy atom. The number of ether oxygens (including phenoxy) is 1. The second-order valence-electron chi connectivity index (χ2n) is 5.49. The third-order valence-electron chi connectivity index (χ3n) is 3.34. The van der Waals surface area contributed by atoms with Crippen molar-refractivity contribution in [2.75, 3.05) is 13.7 Å². The monoisotopic (exact) mass is 270 g/mol. The van der Waals surface area contributed by atoms with Crippen molar-refractivity contribution in [1.82, 2.24) is 10.2 Å². The topological polar surface area (TPSA) is 75.7 Å². The van der Waals surface area contributed by atoms with E-state index in [1.54, 1.807) is 13.8 Å². The van der Waals surface area contributed by atoms with Gasteiger partial charge in [0.15, 0.2) is 0 Å².